The van der Waals surface area contributed by atoms with E-state index in [-0.39, 0.29) is 6.04 Å². The second-order valence-electron chi connectivity index (χ2n) is 3.07. The van der Waals surface area contributed by atoms with E-state index in [1.807, 2.05) is 38.2 Å². The second-order valence-corrected chi connectivity index (χ2v) is 3.07. The van der Waals surface area contributed by atoms with Crippen LogP contribution in [0, 0.1) is 0 Å². The molecular weight excluding hydrogens is 164 g/mol. The van der Waals surface area contributed by atoms with Crippen molar-refractivity contribution < 1.29 is 4.52 Å². The Bertz CT molecular complexity index is 408. The Hall–Kier alpha value is -1.35. The molecule has 0 aliphatic carbocycles. The third kappa shape index (κ3) is 1.31. The summed E-state index contributed by atoms with van der Waals surface area (Å²) in [6, 6.07) is 8.12. The zero-order valence-corrected chi connectivity index (χ0v) is 7.74. The number of rotatable bonds is 2. The lowest BCUT2D eigenvalue weighted by Gasteiger charge is -2.04. The number of aromatic nitrogens is 1. The summed E-state index contributed by atoms with van der Waals surface area (Å²) in [5.41, 5.74) is 0.916. The average molecular weight is 176 g/mol. The summed E-state index contributed by atoms with van der Waals surface area (Å²) in [6.07, 6.45) is 0. The van der Waals surface area contributed by atoms with Gasteiger partial charge in [-0.2, -0.15) is 0 Å². The summed E-state index contributed by atoms with van der Waals surface area (Å²) in [7, 11) is 1.90. The Labute approximate surface area is 76.7 Å². The molecule has 0 amide bonds. The first-order valence-electron chi connectivity index (χ1n) is 4.34. The van der Waals surface area contributed by atoms with Crippen LogP contribution in [0.25, 0.3) is 10.9 Å². The summed E-state index contributed by atoms with van der Waals surface area (Å²) >= 11 is 0. The number of nitrogens with one attached hydrogen (secondary N) is 1. The highest BCUT2D eigenvalue weighted by Gasteiger charge is 2.12. The van der Waals surface area contributed by atoms with Crippen LogP contribution in [-0.2, 0) is 0 Å². The van der Waals surface area contributed by atoms with Gasteiger partial charge in [0.2, 0.25) is 0 Å². The molecule has 0 spiro atoms. The standard InChI is InChI=1S/C10H12N2O/c1-7(11-2)10-8-5-3-4-6-9(8)12-13-10/h3-7,11H,1-2H3. The van der Waals surface area contributed by atoms with Crippen molar-refractivity contribution in [1.82, 2.24) is 10.5 Å². The van der Waals surface area contributed by atoms with Crippen LogP contribution in [0.1, 0.15) is 18.7 Å². The van der Waals surface area contributed by atoms with Gasteiger partial charge in [-0.25, -0.2) is 0 Å². The minimum Gasteiger partial charge on any atom is -0.358 e. The number of hydrogen-bond acceptors (Lipinski definition) is 3. The molecular formula is C10H12N2O. The van der Waals surface area contributed by atoms with Gasteiger partial charge in [0.15, 0.2) is 5.76 Å². The fraction of sp³-hybridized carbons (Fsp3) is 0.300. The van der Waals surface area contributed by atoms with E-state index < -0.39 is 0 Å². The van der Waals surface area contributed by atoms with E-state index in [0.29, 0.717) is 0 Å². The maximum atomic E-state index is 5.26. The van der Waals surface area contributed by atoms with E-state index in [0.717, 1.165) is 16.7 Å². The van der Waals surface area contributed by atoms with Crippen molar-refractivity contribution in [3.63, 3.8) is 0 Å². The Morgan fingerprint density at radius 2 is 2.15 bits per heavy atom. The van der Waals surface area contributed by atoms with Gasteiger partial charge in [-0.1, -0.05) is 17.3 Å². The summed E-state index contributed by atoms with van der Waals surface area (Å²) in [5, 5.41) is 8.19. The predicted octanol–water partition coefficient (Wildman–Crippen LogP) is 2.11. The lowest BCUT2D eigenvalue weighted by molar-refractivity contribution is 0.361. The van der Waals surface area contributed by atoms with E-state index in [9.17, 15) is 0 Å². The van der Waals surface area contributed by atoms with Gasteiger partial charge in [-0.15, -0.1) is 0 Å². The van der Waals surface area contributed by atoms with Gasteiger partial charge in [0.1, 0.15) is 5.52 Å². The van der Waals surface area contributed by atoms with Crippen molar-refractivity contribution in [3.8, 4) is 0 Å². The first-order chi connectivity index (χ1) is 6.33. The predicted molar refractivity (Wildman–Crippen MR) is 51.5 cm³/mol. The van der Waals surface area contributed by atoms with E-state index in [1.165, 1.54) is 0 Å². The molecule has 3 heteroatoms. The van der Waals surface area contributed by atoms with Gasteiger partial charge in [-0.3, -0.25) is 0 Å². The van der Waals surface area contributed by atoms with Gasteiger partial charge < -0.3 is 9.84 Å². The highest BCUT2D eigenvalue weighted by molar-refractivity contribution is 5.80. The largest absolute Gasteiger partial charge is 0.358 e. The van der Waals surface area contributed by atoms with Crippen LogP contribution >= 0.6 is 0 Å². The summed E-state index contributed by atoms with van der Waals surface area (Å²) < 4.78 is 5.26. The third-order valence-corrected chi connectivity index (χ3v) is 2.24. The second kappa shape index (κ2) is 3.18. The third-order valence-electron chi connectivity index (χ3n) is 2.24. The molecule has 1 unspecified atom stereocenters. The molecule has 0 saturated heterocycles. The fourth-order valence-electron chi connectivity index (χ4n) is 1.35. The van der Waals surface area contributed by atoms with Crippen LogP contribution in [0.3, 0.4) is 0 Å². The fourth-order valence-corrected chi connectivity index (χ4v) is 1.35. The highest BCUT2D eigenvalue weighted by atomic mass is 16.5. The first kappa shape index (κ1) is 8.26. The molecule has 1 aromatic heterocycles. The van der Waals surface area contributed by atoms with Crippen molar-refractivity contribution in [1.29, 1.82) is 0 Å². The summed E-state index contributed by atoms with van der Waals surface area (Å²) in [6.45, 7) is 2.05. The molecule has 1 heterocycles. The summed E-state index contributed by atoms with van der Waals surface area (Å²) in [4.78, 5) is 0. The Morgan fingerprint density at radius 1 is 1.38 bits per heavy atom. The first-order valence-corrected chi connectivity index (χ1v) is 4.34. The Morgan fingerprint density at radius 3 is 2.92 bits per heavy atom. The van der Waals surface area contributed by atoms with Gasteiger partial charge in [0.05, 0.1) is 6.04 Å². The molecule has 0 bridgehead atoms. The minimum absolute atomic E-state index is 0.201. The van der Waals surface area contributed by atoms with E-state index >= 15 is 0 Å². The number of hydrogen-bond donors (Lipinski definition) is 1. The van der Waals surface area contributed by atoms with Crippen molar-refractivity contribution in [3.05, 3.63) is 30.0 Å². The SMILES string of the molecule is CNC(C)c1onc2ccccc12. The topological polar surface area (TPSA) is 38.1 Å². The van der Waals surface area contributed by atoms with Gasteiger partial charge in [0, 0.05) is 5.39 Å². The maximum Gasteiger partial charge on any atom is 0.161 e. The van der Waals surface area contributed by atoms with Crippen LogP contribution < -0.4 is 5.32 Å². The molecule has 68 valence electrons. The monoisotopic (exact) mass is 176 g/mol. The quantitative estimate of drug-likeness (QED) is 0.761. The Kier molecular flexibility index (Phi) is 2.02. The van der Waals surface area contributed by atoms with E-state index in [2.05, 4.69) is 10.5 Å². The van der Waals surface area contributed by atoms with Crippen molar-refractivity contribution in [2.75, 3.05) is 7.05 Å². The van der Waals surface area contributed by atoms with Crippen LogP contribution in [0.15, 0.2) is 28.8 Å². The van der Waals surface area contributed by atoms with Crippen molar-refractivity contribution in [2.45, 2.75) is 13.0 Å². The molecule has 13 heavy (non-hydrogen) atoms. The van der Waals surface area contributed by atoms with Crippen molar-refractivity contribution >= 4 is 10.9 Å². The lowest BCUT2D eigenvalue weighted by Crippen LogP contribution is -2.11. The zero-order chi connectivity index (χ0) is 9.26. The maximum absolute atomic E-state index is 5.26. The van der Waals surface area contributed by atoms with Crippen LogP contribution in [-0.4, -0.2) is 12.2 Å². The lowest BCUT2D eigenvalue weighted by atomic mass is 10.1. The normalized spacial score (nSPS) is 13.4. The van der Waals surface area contributed by atoms with Crippen LogP contribution in [0.2, 0.25) is 0 Å². The minimum atomic E-state index is 0.201. The molecule has 3 nitrogen and oxygen atoms in total. The molecule has 0 radical (unpaired) electrons. The summed E-state index contributed by atoms with van der Waals surface area (Å²) in [5.74, 6) is 0.901. The molecule has 2 rings (SSSR count). The van der Waals surface area contributed by atoms with Crippen molar-refractivity contribution in [2.24, 2.45) is 0 Å². The Balaban J connectivity index is 2.57. The van der Waals surface area contributed by atoms with Gasteiger partial charge in [0.25, 0.3) is 0 Å². The van der Waals surface area contributed by atoms with E-state index in [1.54, 1.807) is 0 Å². The number of benzene rings is 1. The van der Waals surface area contributed by atoms with Gasteiger partial charge >= 0.3 is 0 Å². The molecule has 0 aliphatic rings. The highest BCUT2D eigenvalue weighted by Crippen LogP contribution is 2.22. The molecule has 1 N–H and O–H groups in total. The number of nitrogens with zero attached hydrogens (tertiary/aromatic N) is 1. The van der Waals surface area contributed by atoms with Gasteiger partial charge in [-0.05, 0) is 26.1 Å². The molecule has 0 fully saturated rings. The molecule has 2 aromatic rings. The van der Waals surface area contributed by atoms with Crippen LogP contribution in [0.5, 0.6) is 0 Å². The smallest absolute Gasteiger partial charge is 0.161 e. The molecule has 1 aromatic carbocycles. The molecule has 0 saturated carbocycles. The zero-order valence-electron chi connectivity index (χ0n) is 7.74. The van der Waals surface area contributed by atoms with E-state index in [4.69, 9.17) is 4.52 Å². The average Bonchev–Trinajstić information content (AvgIpc) is 2.60. The molecule has 1 atom stereocenters. The van der Waals surface area contributed by atoms with Crippen LogP contribution in [0.4, 0.5) is 0 Å². The number of fused-ring (bicyclic) bond motifs is 1. The molecule has 0 aliphatic heterocycles.